The lowest BCUT2D eigenvalue weighted by Gasteiger charge is -2.17. The number of nitrogens with zero attached hydrogens (tertiary/aromatic N) is 1. The van der Waals surface area contributed by atoms with Crippen LogP contribution in [0.2, 0.25) is 5.02 Å². The number of hydrogen-bond donors (Lipinski definition) is 1. The van der Waals surface area contributed by atoms with Crippen LogP contribution in [-0.4, -0.2) is 5.91 Å². The van der Waals surface area contributed by atoms with Crippen LogP contribution >= 0.6 is 22.9 Å². The van der Waals surface area contributed by atoms with E-state index >= 15 is 0 Å². The Bertz CT molecular complexity index is 1100. The van der Waals surface area contributed by atoms with Crippen LogP contribution in [0.4, 0.5) is 5.00 Å². The Kier molecular flexibility index (Phi) is 6.08. The van der Waals surface area contributed by atoms with Crippen molar-refractivity contribution in [1.29, 1.82) is 5.26 Å². The lowest BCUT2D eigenvalue weighted by molar-refractivity contribution is 0.102. The first kappa shape index (κ1) is 20.5. The number of halogens is 1. The summed E-state index contributed by atoms with van der Waals surface area (Å²) in [4.78, 5) is 14.0. The van der Waals surface area contributed by atoms with E-state index in [-0.39, 0.29) is 5.91 Å². The van der Waals surface area contributed by atoms with Crippen LogP contribution in [0.1, 0.15) is 45.3 Å². The SMILES string of the molecule is C[C@@H]1CCc2c(sc(NC(=O)c3ccc(COc4ccc(Cl)cc4)cc3)c2C#N)C1. The van der Waals surface area contributed by atoms with E-state index in [1.165, 1.54) is 16.2 Å². The first-order valence-corrected chi connectivity index (χ1v) is 11.1. The summed E-state index contributed by atoms with van der Waals surface area (Å²) < 4.78 is 5.73. The van der Waals surface area contributed by atoms with Crippen molar-refractivity contribution in [2.24, 2.45) is 5.92 Å². The number of ether oxygens (including phenoxy) is 1. The standard InChI is InChI=1S/C24H21ClN2O2S/c1-15-2-11-20-21(13-26)24(30-22(20)12-15)27-23(28)17-5-3-16(4-6-17)14-29-19-9-7-18(25)8-10-19/h3-10,15H,2,11-12,14H2,1H3,(H,27,28)/t15-/m1/s1. The van der Waals surface area contributed by atoms with Crippen molar-refractivity contribution in [3.63, 3.8) is 0 Å². The summed E-state index contributed by atoms with van der Waals surface area (Å²) in [5.41, 5.74) is 3.25. The van der Waals surface area contributed by atoms with Crippen LogP contribution in [-0.2, 0) is 19.4 Å². The number of amides is 1. The third kappa shape index (κ3) is 4.51. The molecule has 1 aromatic heterocycles. The average molecular weight is 437 g/mol. The normalized spacial score (nSPS) is 15.2. The minimum absolute atomic E-state index is 0.205. The molecule has 1 N–H and O–H groups in total. The van der Waals surface area contributed by atoms with Crippen LogP contribution < -0.4 is 10.1 Å². The van der Waals surface area contributed by atoms with Crippen molar-refractivity contribution in [2.75, 3.05) is 5.32 Å². The maximum atomic E-state index is 12.7. The van der Waals surface area contributed by atoms with Gasteiger partial charge in [0.1, 0.15) is 23.4 Å². The van der Waals surface area contributed by atoms with Gasteiger partial charge in [-0.05, 0) is 72.7 Å². The molecule has 6 heteroatoms. The van der Waals surface area contributed by atoms with E-state index in [0.29, 0.717) is 33.7 Å². The lowest BCUT2D eigenvalue weighted by Crippen LogP contribution is -2.12. The Morgan fingerprint density at radius 1 is 1.23 bits per heavy atom. The highest BCUT2D eigenvalue weighted by molar-refractivity contribution is 7.16. The molecule has 4 rings (SSSR count). The molecule has 0 radical (unpaired) electrons. The van der Waals surface area contributed by atoms with Gasteiger partial charge < -0.3 is 10.1 Å². The van der Waals surface area contributed by atoms with Crippen molar-refractivity contribution in [3.05, 3.63) is 80.7 Å². The van der Waals surface area contributed by atoms with Gasteiger partial charge in [0.2, 0.25) is 0 Å². The molecule has 0 bridgehead atoms. The predicted molar refractivity (Wildman–Crippen MR) is 120 cm³/mol. The molecule has 1 amide bonds. The highest BCUT2D eigenvalue weighted by atomic mass is 35.5. The Hall–Kier alpha value is -2.81. The zero-order chi connectivity index (χ0) is 21.1. The Balaban J connectivity index is 1.42. The maximum absolute atomic E-state index is 12.7. The van der Waals surface area contributed by atoms with Crippen LogP contribution in [0.25, 0.3) is 0 Å². The van der Waals surface area contributed by atoms with E-state index in [9.17, 15) is 10.1 Å². The molecule has 3 aromatic rings. The minimum Gasteiger partial charge on any atom is -0.489 e. The average Bonchev–Trinajstić information content (AvgIpc) is 3.09. The first-order valence-electron chi connectivity index (χ1n) is 9.87. The smallest absolute Gasteiger partial charge is 0.256 e. The molecule has 152 valence electrons. The molecule has 1 aliphatic rings. The quantitative estimate of drug-likeness (QED) is 0.515. The number of fused-ring (bicyclic) bond motifs is 1. The van der Waals surface area contributed by atoms with Gasteiger partial charge in [-0.15, -0.1) is 11.3 Å². The molecule has 0 saturated heterocycles. The number of anilines is 1. The zero-order valence-corrected chi connectivity index (χ0v) is 18.1. The number of carbonyl (C=O) groups is 1. The van der Waals surface area contributed by atoms with Crippen LogP contribution in [0.3, 0.4) is 0 Å². The molecule has 1 atom stereocenters. The topological polar surface area (TPSA) is 62.1 Å². The Labute approximate surface area is 185 Å². The van der Waals surface area contributed by atoms with Gasteiger partial charge in [0.15, 0.2) is 0 Å². The number of rotatable bonds is 5. The van der Waals surface area contributed by atoms with Gasteiger partial charge in [0, 0.05) is 15.5 Å². The first-order chi connectivity index (χ1) is 14.5. The molecule has 1 heterocycles. The maximum Gasteiger partial charge on any atom is 0.256 e. The minimum atomic E-state index is -0.205. The Morgan fingerprint density at radius 2 is 1.97 bits per heavy atom. The summed E-state index contributed by atoms with van der Waals surface area (Å²) in [5.74, 6) is 1.15. The highest BCUT2D eigenvalue weighted by Gasteiger charge is 2.24. The van der Waals surface area contributed by atoms with Crippen molar-refractivity contribution in [2.45, 2.75) is 32.8 Å². The van der Waals surface area contributed by atoms with Gasteiger partial charge in [-0.1, -0.05) is 30.7 Å². The lowest BCUT2D eigenvalue weighted by atomic mass is 9.88. The van der Waals surface area contributed by atoms with Crippen LogP contribution in [0.5, 0.6) is 5.75 Å². The van der Waals surface area contributed by atoms with Crippen LogP contribution in [0.15, 0.2) is 48.5 Å². The van der Waals surface area contributed by atoms with E-state index in [1.54, 1.807) is 24.3 Å². The molecule has 0 fully saturated rings. The van der Waals surface area contributed by atoms with E-state index in [1.807, 2.05) is 24.3 Å². The molecule has 30 heavy (non-hydrogen) atoms. The monoisotopic (exact) mass is 436 g/mol. The number of nitriles is 1. The second-order valence-electron chi connectivity index (χ2n) is 7.56. The second-order valence-corrected chi connectivity index (χ2v) is 9.10. The molecule has 2 aromatic carbocycles. The van der Waals surface area contributed by atoms with E-state index in [2.05, 4.69) is 18.3 Å². The van der Waals surface area contributed by atoms with Crippen molar-refractivity contribution >= 4 is 33.8 Å². The van der Waals surface area contributed by atoms with Crippen molar-refractivity contribution < 1.29 is 9.53 Å². The summed E-state index contributed by atoms with van der Waals surface area (Å²) in [6.07, 6.45) is 2.98. The van der Waals surface area contributed by atoms with E-state index in [4.69, 9.17) is 16.3 Å². The van der Waals surface area contributed by atoms with E-state index in [0.717, 1.165) is 36.1 Å². The largest absolute Gasteiger partial charge is 0.489 e. The van der Waals surface area contributed by atoms with Crippen molar-refractivity contribution in [3.8, 4) is 11.8 Å². The second kappa shape index (κ2) is 8.91. The van der Waals surface area contributed by atoms with Gasteiger partial charge >= 0.3 is 0 Å². The predicted octanol–water partition coefficient (Wildman–Crippen LogP) is 6.23. The zero-order valence-electron chi connectivity index (χ0n) is 16.6. The number of carbonyl (C=O) groups excluding carboxylic acids is 1. The van der Waals surface area contributed by atoms with Gasteiger partial charge in [-0.25, -0.2) is 0 Å². The van der Waals surface area contributed by atoms with E-state index < -0.39 is 0 Å². The summed E-state index contributed by atoms with van der Waals surface area (Å²) in [6.45, 7) is 2.63. The van der Waals surface area contributed by atoms with Gasteiger partial charge in [-0.3, -0.25) is 4.79 Å². The number of hydrogen-bond acceptors (Lipinski definition) is 4. The van der Waals surface area contributed by atoms with Crippen molar-refractivity contribution in [1.82, 2.24) is 0 Å². The fourth-order valence-electron chi connectivity index (χ4n) is 3.58. The fourth-order valence-corrected chi connectivity index (χ4v) is 5.06. The van der Waals surface area contributed by atoms with Gasteiger partial charge in [0.05, 0.1) is 5.56 Å². The fraction of sp³-hybridized carbons (Fsp3) is 0.250. The summed E-state index contributed by atoms with van der Waals surface area (Å²) in [5, 5.41) is 13.9. The molecule has 1 aliphatic carbocycles. The molecule has 0 unspecified atom stereocenters. The summed E-state index contributed by atoms with van der Waals surface area (Å²) in [7, 11) is 0. The summed E-state index contributed by atoms with van der Waals surface area (Å²) in [6, 6.07) is 16.8. The van der Waals surface area contributed by atoms with Gasteiger partial charge in [-0.2, -0.15) is 5.26 Å². The number of thiophene rings is 1. The van der Waals surface area contributed by atoms with Gasteiger partial charge in [0.25, 0.3) is 5.91 Å². The highest BCUT2D eigenvalue weighted by Crippen LogP contribution is 2.39. The molecule has 0 spiro atoms. The number of benzene rings is 2. The molecule has 0 aliphatic heterocycles. The third-order valence-corrected chi connectivity index (χ3v) is 6.71. The summed E-state index contributed by atoms with van der Waals surface area (Å²) >= 11 is 7.42. The molecule has 0 saturated carbocycles. The Morgan fingerprint density at radius 3 is 2.67 bits per heavy atom. The molecular formula is C24H21ClN2O2S. The number of nitrogens with one attached hydrogen (secondary N) is 1. The molecular weight excluding hydrogens is 416 g/mol. The third-order valence-electron chi connectivity index (χ3n) is 5.29. The van der Waals surface area contributed by atoms with Crippen LogP contribution in [0, 0.1) is 17.2 Å². The molecule has 4 nitrogen and oxygen atoms in total.